The van der Waals surface area contributed by atoms with Crippen molar-refractivity contribution in [1.82, 2.24) is 9.88 Å². The predicted molar refractivity (Wildman–Crippen MR) is 114 cm³/mol. The van der Waals surface area contributed by atoms with Gasteiger partial charge in [-0.1, -0.05) is 0 Å². The Labute approximate surface area is 177 Å². The van der Waals surface area contributed by atoms with Crippen LogP contribution in [0.5, 0.6) is 5.75 Å². The highest BCUT2D eigenvalue weighted by atomic mass is 16.6. The number of aromatic nitrogens is 1. The molecule has 1 aliphatic rings. The molecule has 0 aliphatic carbocycles. The lowest BCUT2D eigenvalue weighted by Gasteiger charge is -2.34. The standard InChI is InChI=1S/C21H22N4O6/c1-30-17-5-2-15(3-6-17)23-10-8-14(9-11-23)22-20(26)13-24-18-7-4-16(25(28)29)12-19(18)31-21(24)27/h2-7,12,14H,8-11,13H2,1H3,(H,22,26). The van der Waals surface area contributed by atoms with Crippen LogP contribution in [0, 0.1) is 10.1 Å². The second-order valence-electron chi connectivity index (χ2n) is 7.39. The zero-order valence-corrected chi connectivity index (χ0v) is 16.9. The van der Waals surface area contributed by atoms with E-state index in [2.05, 4.69) is 10.2 Å². The van der Waals surface area contributed by atoms with Crippen LogP contribution in [0.1, 0.15) is 12.8 Å². The highest BCUT2D eigenvalue weighted by molar-refractivity contribution is 5.80. The van der Waals surface area contributed by atoms with Crippen molar-refractivity contribution in [1.29, 1.82) is 0 Å². The molecule has 2 aromatic carbocycles. The Balaban J connectivity index is 1.36. The first-order valence-electron chi connectivity index (χ1n) is 9.91. The van der Waals surface area contributed by atoms with E-state index < -0.39 is 10.7 Å². The van der Waals surface area contributed by atoms with E-state index in [9.17, 15) is 19.7 Å². The fraction of sp³-hybridized carbons (Fsp3) is 0.333. The topological polar surface area (TPSA) is 120 Å². The van der Waals surface area contributed by atoms with E-state index in [0.29, 0.717) is 5.52 Å². The molecular weight excluding hydrogens is 404 g/mol. The summed E-state index contributed by atoms with van der Waals surface area (Å²) in [5.74, 6) is -0.214. The van der Waals surface area contributed by atoms with Crippen LogP contribution in [-0.2, 0) is 11.3 Å². The van der Waals surface area contributed by atoms with Crippen molar-refractivity contribution in [2.24, 2.45) is 0 Å². The fourth-order valence-corrected chi connectivity index (χ4v) is 3.81. The maximum atomic E-state index is 12.5. The molecule has 2 heterocycles. The zero-order chi connectivity index (χ0) is 22.0. The molecular formula is C21H22N4O6. The maximum absolute atomic E-state index is 12.5. The number of benzene rings is 2. The Kier molecular flexibility index (Phi) is 5.61. The molecule has 1 fully saturated rings. The van der Waals surface area contributed by atoms with E-state index >= 15 is 0 Å². The summed E-state index contributed by atoms with van der Waals surface area (Å²) in [6, 6.07) is 11.8. The number of nitro benzene ring substituents is 1. The van der Waals surface area contributed by atoms with Crippen molar-refractivity contribution < 1.29 is 18.9 Å². The van der Waals surface area contributed by atoms with Crippen LogP contribution in [0.3, 0.4) is 0 Å². The molecule has 0 bridgehead atoms. The zero-order valence-electron chi connectivity index (χ0n) is 16.9. The van der Waals surface area contributed by atoms with Crippen LogP contribution in [0.2, 0.25) is 0 Å². The average Bonchev–Trinajstić information content (AvgIpc) is 3.08. The Bertz CT molecular complexity index is 1160. The molecule has 10 heteroatoms. The van der Waals surface area contributed by atoms with Crippen LogP contribution in [0.15, 0.2) is 51.7 Å². The summed E-state index contributed by atoms with van der Waals surface area (Å²) in [6.45, 7) is 1.40. The first-order valence-corrected chi connectivity index (χ1v) is 9.91. The van der Waals surface area contributed by atoms with Gasteiger partial charge in [0.15, 0.2) is 5.58 Å². The van der Waals surface area contributed by atoms with E-state index in [-0.39, 0.29) is 29.8 Å². The van der Waals surface area contributed by atoms with Gasteiger partial charge in [0.1, 0.15) is 12.3 Å². The van der Waals surface area contributed by atoms with E-state index in [1.54, 1.807) is 7.11 Å². The van der Waals surface area contributed by atoms with Crippen LogP contribution in [-0.4, -0.2) is 41.6 Å². The number of nitrogens with one attached hydrogen (secondary N) is 1. The highest BCUT2D eigenvalue weighted by Crippen LogP contribution is 2.23. The summed E-state index contributed by atoms with van der Waals surface area (Å²) < 4.78 is 11.4. The molecule has 0 atom stereocenters. The molecule has 1 aliphatic heterocycles. The van der Waals surface area contributed by atoms with E-state index in [4.69, 9.17) is 9.15 Å². The van der Waals surface area contributed by atoms with Gasteiger partial charge in [0.25, 0.3) is 5.69 Å². The first kappa shape index (κ1) is 20.5. The van der Waals surface area contributed by atoms with Crippen molar-refractivity contribution >= 4 is 28.4 Å². The van der Waals surface area contributed by atoms with E-state index in [0.717, 1.165) is 37.4 Å². The molecule has 1 aromatic heterocycles. The van der Waals surface area contributed by atoms with E-state index in [1.165, 1.54) is 22.8 Å². The molecule has 3 aromatic rings. The number of carbonyl (C=O) groups excluding carboxylic acids is 1. The predicted octanol–water partition coefficient (Wildman–Crippen LogP) is 2.30. The van der Waals surface area contributed by atoms with Crippen molar-refractivity contribution in [3.05, 3.63) is 63.1 Å². The number of hydrogen-bond donors (Lipinski definition) is 1. The van der Waals surface area contributed by atoms with Crippen LogP contribution < -0.4 is 20.7 Å². The molecule has 31 heavy (non-hydrogen) atoms. The number of methoxy groups -OCH3 is 1. The fourth-order valence-electron chi connectivity index (χ4n) is 3.81. The number of piperidine rings is 1. The quantitative estimate of drug-likeness (QED) is 0.474. The average molecular weight is 426 g/mol. The number of anilines is 1. The third kappa shape index (κ3) is 4.37. The summed E-state index contributed by atoms with van der Waals surface area (Å²) in [5, 5.41) is 13.9. The maximum Gasteiger partial charge on any atom is 0.420 e. The lowest BCUT2D eigenvalue weighted by atomic mass is 10.0. The number of rotatable bonds is 6. The van der Waals surface area contributed by atoms with Gasteiger partial charge in [-0.05, 0) is 43.2 Å². The Hall–Kier alpha value is -3.82. The van der Waals surface area contributed by atoms with Gasteiger partial charge in [-0.3, -0.25) is 19.5 Å². The number of amides is 1. The molecule has 1 saturated heterocycles. The second-order valence-corrected chi connectivity index (χ2v) is 7.39. The summed E-state index contributed by atoms with van der Waals surface area (Å²) in [7, 11) is 1.63. The van der Waals surface area contributed by atoms with Gasteiger partial charge in [0.2, 0.25) is 5.91 Å². The minimum Gasteiger partial charge on any atom is -0.497 e. The van der Waals surface area contributed by atoms with Crippen molar-refractivity contribution in [2.45, 2.75) is 25.4 Å². The Morgan fingerprint density at radius 3 is 2.58 bits per heavy atom. The molecule has 1 N–H and O–H groups in total. The monoisotopic (exact) mass is 426 g/mol. The summed E-state index contributed by atoms with van der Waals surface area (Å²) in [5.41, 5.74) is 1.36. The number of fused-ring (bicyclic) bond motifs is 1. The Morgan fingerprint density at radius 2 is 1.94 bits per heavy atom. The summed E-state index contributed by atoms with van der Waals surface area (Å²) in [6.07, 6.45) is 1.57. The minimum absolute atomic E-state index is 0.0111. The summed E-state index contributed by atoms with van der Waals surface area (Å²) >= 11 is 0. The number of carbonyl (C=O) groups is 1. The number of ether oxygens (including phenoxy) is 1. The van der Waals surface area contributed by atoms with Crippen molar-refractivity contribution in [3.8, 4) is 5.75 Å². The van der Waals surface area contributed by atoms with Gasteiger partial charge in [-0.2, -0.15) is 0 Å². The molecule has 0 spiro atoms. The lowest BCUT2D eigenvalue weighted by Crippen LogP contribution is -2.46. The van der Waals surface area contributed by atoms with Crippen LogP contribution in [0.4, 0.5) is 11.4 Å². The van der Waals surface area contributed by atoms with Crippen molar-refractivity contribution in [3.63, 3.8) is 0 Å². The number of non-ortho nitro benzene ring substituents is 1. The Morgan fingerprint density at radius 1 is 1.23 bits per heavy atom. The van der Waals surface area contributed by atoms with Crippen LogP contribution >= 0.6 is 0 Å². The van der Waals surface area contributed by atoms with Crippen LogP contribution in [0.25, 0.3) is 11.1 Å². The van der Waals surface area contributed by atoms with Gasteiger partial charge in [-0.25, -0.2) is 4.79 Å². The van der Waals surface area contributed by atoms with Gasteiger partial charge in [0.05, 0.1) is 23.6 Å². The molecule has 4 rings (SSSR count). The second kappa shape index (κ2) is 8.50. The highest BCUT2D eigenvalue weighted by Gasteiger charge is 2.22. The molecule has 0 unspecified atom stereocenters. The van der Waals surface area contributed by atoms with Gasteiger partial charge in [0, 0.05) is 30.9 Å². The number of hydrogen-bond acceptors (Lipinski definition) is 7. The third-order valence-electron chi connectivity index (χ3n) is 5.46. The molecule has 0 radical (unpaired) electrons. The largest absolute Gasteiger partial charge is 0.497 e. The lowest BCUT2D eigenvalue weighted by molar-refractivity contribution is -0.384. The minimum atomic E-state index is -0.722. The van der Waals surface area contributed by atoms with Gasteiger partial charge in [-0.15, -0.1) is 0 Å². The number of nitrogens with zero attached hydrogens (tertiary/aromatic N) is 3. The normalized spacial score (nSPS) is 14.5. The molecule has 10 nitrogen and oxygen atoms in total. The van der Waals surface area contributed by atoms with E-state index in [1.807, 2.05) is 24.3 Å². The molecule has 162 valence electrons. The third-order valence-corrected chi connectivity index (χ3v) is 5.46. The number of oxazole rings is 1. The van der Waals surface area contributed by atoms with Crippen molar-refractivity contribution in [2.75, 3.05) is 25.1 Å². The molecule has 0 saturated carbocycles. The smallest absolute Gasteiger partial charge is 0.420 e. The molecule has 1 amide bonds. The van der Waals surface area contributed by atoms with Gasteiger partial charge >= 0.3 is 5.76 Å². The number of nitro groups is 1. The SMILES string of the molecule is COc1ccc(N2CCC(NC(=O)Cn3c(=O)oc4cc([N+](=O)[O-])ccc43)CC2)cc1. The summed E-state index contributed by atoms with van der Waals surface area (Å²) in [4.78, 5) is 37.2. The van der Waals surface area contributed by atoms with Gasteiger partial charge < -0.3 is 19.4 Å². The first-order chi connectivity index (χ1) is 14.9.